The largest absolute Gasteiger partial charge is 0.497 e. The number of methoxy groups -OCH3 is 1. The lowest BCUT2D eigenvalue weighted by Gasteiger charge is -2.03. The van der Waals surface area contributed by atoms with Crippen molar-refractivity contribution in [3.8, 4) is 5.75 Å². The van der Waals surface area contributed by atoms with Crippen LogP contribution in [0.2, 0.25) is 0 Å². The number of benzene rings is 1. The summed E-state index contributed by atoms with van der Waals surface area (Å²) < 4.78 is 6.79. The fourth-order valence-corrected chi connectivity index (χ4v) is 1.56. The first kappa shape index (κ1) is 10.5. The smallest absolute Gasteiger partial charge is 0.305 e. The Morgan fingerprint density at radius 1 is 1.56 bits per heavy atom. The molecule has 0 aliphatic carbocycles. The molecule has 0 aliphatic rings. The van der Waals surface area contributed by atoms with Crippen LogP contribution in [0.25, 0.3) is 10.9 Å². The van der Waals surface area contributed by atoms with E-state index in [1.165, 1.54) is 0 Å². The third-order valence-corrected chi connectivity index (χ3v) is 2.39. The zero-order valence-corrected chi connectivity index (χ0v) is 8.88. The highest BCUT2D eigenvalue weighted by Crippen LogP contribution is 2.20. The van der Waals surface area contributed by atoms with E-state index in [0.29, 0.717) is 6.54 Å². The Labute approximate surface area is 92.2 Å². The molecule has 5 heteroatoms. The minimum absolute atomic E-state index is 0.0635. The van der Waals surface area contributed by atoms with Gasteiger partial charge in [-0.05, 0) is 12.1 Å². The van der Waals surface area contributed by atoms with Gasteiger partial charge in [-0.2, -0.15) is 5.10 Å². The number of aliphatic carboxylic acids is 1. The van der Waals surface area contributed by atoms with E-state index >= 15 is 0 Å². The van der Waals surface area contributed by atoms with Gasteiger partial charge in [-0.25, -0.2) is 0 Å². The molecule has 1 aromatic heterocycles. The standard InChI is InChI=1S/C11H12N2O3/c1-16-9-3-2-8-7-12-13(10(8)6-9)5-4-11(14)15/h2-3,6-7H,4-5H2,1H3,(H,14,15). The number of carboxylic acids is 1. The molecule has 0 radical (unpaired) electrons. The quantitative estimate of drug-likeness (QED) is 0.848. The SMILES string of the molecule is COc1ccc2cnn(CCC(=O)O)c2c1. The lowest BCUT2D eigenvalue weighted by molar-refractivity contribution is -0.137. The van der Waals surface area contributed by atoms with Crippen molar-refractivity contribution in [1.82, 2.24) is 9.78 Å². The van der Waals surface area contributed by atoms with Gasteiger partial charge in [0, 0.05) is 11.5 Å². The Morgan fingerprint density at radius 3 is 3.06 bits per heavy atom. The molecular formula is C11H12N2O3. The monoisotopic (exact) mass is 220 g/mol. The average molecular weight is 220 g/mol. The maximum atomic E-state index is 10.5. The molecule has 0 fully saturated rings. The van der Waals surface area contributed by atoms with Crippen molar-refractivity contribution in [3.05, 3.63) is 24.4 Å². The van der Waals surface area contributed by atoms with E-state index in [1.807, 2.05) is 18.2 Å². The number of nitrogens with zero attached hydrogens (tertiary/aromatic N) is 2. The molecule has 1 heterocycles. The highest BCUT2D eigenvalue weighted by molar-refractivity contribution is 5.80. The maximum absolute atomic E-state index is 10.5. The second-order valence-corrected chi connectivity index (χ2v) is 3.44. The molecule has 0 amide bonds. The summed E-state index contributed by atoms with van der Waals surface area (Å²) in [7, 11) is 1.60. The molecule has 0 saturated carbocycles. The van der Waals surface area contributed by atoms with Gasteiger partial charge < -0.3 is 9.84 Å². The number of hydrogen-bond donors (Lipinski definition) is 1. The molecule has 0 unspecified atom stereocenters. The van der Waals surface area contributed by atoms with Crippen LogP contribution in [0.4, 0.5) is 0 Å². The summed E-state index contributed by atoms with van der Waals surface area (Å²) in [6.45, 7) is 0.367. The second-order valence-electron chi connectivity index (χ2n) is 3.44. The third kappa shape index (κ3) is 1.98. The first-order valence-corrected chi connectivity index (χ1v) is 4.92. The molecule has 16 heavy (non-hydrogen) atoms. The fourth-order valence-electron chi connectivity index (χ4n) is 1.56. The van der Waals surface area contributed by atoms with Gasteiger partial charge in [0.25, 0.3) is 0 Å². The summed E-state index contributed by atoms with van der Waals surface area (Å²) in [6, 6.07) is 5.61. The van der Waals surface area contributed by atoms with Crippen molar-refractivity contribution in [2.45, 2.75) is 13.0 Å². The highest BCUT2D eigenvalue weighted by atomic mass is 16.5. The summed E-state index contributed by atoms with van der Waals surface area (Å²) in [5.74, 6) is -0.0869. The van der Waals surface area contributed by atoms with Crippen LogP contribution in [0.5, 0.6) is 5.75 Å². The molecule has 0 saturated heterocycles. The predicted molar refractivity (Wildman–Crippen MR) is 58.5 cm³/mol. The van der Waals surface area contributed by atoms with Gasteiger partial charge in [0.15, 0.2) is 0 Å². The molecule has 2 rings (SSSR count). The number of carboxylic acid groups (broad SMARTS) is 1. The van der Waals surface area contributed by atoms with Crippen LogP contribution in [0.3, 0.4) is 0 Å². The summed E-state index contributed by atoms with van der Waals surface area (Å²) in [4.78, 5) is 10.5. The van der Waals surface area contributed by atoms with Gasteiger partial charge in [0.1, 0.15) is 5.75 Å². The van der Waals surface area contributed by atoms with Crippen molar-refractivity contribution in [2.24, 2.45) is 0 Å². The Balaban J connectivity index is 2.34. The number of aryl methyl sites for hydroxylation is 1. The Morgan fingerprint density at radius 2 is 2.38 bits per heavy atom. The molecular weight excluding hydrogens is 208 g/mol. The molecule has 1 aromatic carbocycles. The van der Waals surface area contributed by atoms with E-state index in [2.05, 4.69) is 5.10 Å². The highest BCUT2D eigenvalue weighted by Gasteiger charge is 2.05. The molecule has 0 bridgehead atoms. The van der Waals surface area contributed by atoms with Crippen LogP contribution in [0, 0.1) is 0 Å². The average Bonchev–Trinajstić information content (AvgIpc) is 2.68. The fraction of sp³-hybridized carbons (Fsp3) is 0.273. The van der Waals surface area contributed by atoms with Crippen molar-refractivity contribution in [2.75, 3.05) is 7.11 Å². The minimum Gasteiger partial charge on any atom is -0.497 e. The topological polar surface area (TPSA) is 64.4 Å². The molecule has 0 spiro atoms. The molecule has 0 aliphatic heterocycles. The Kier molecular flexibility index (Phi) is 2.76. The summed E-state index contributed by atoms with van der Waals surface area (Å²) >= 11 is 0. The van der Waals surface area contributed by atoms with Gasteiger partial charge in [-0.1, -0.05) is 0 Å². The first-order valence-electron chi connectivity index (χ1n) is 4.92. The van der Waals surface area contributed by atoms with E-state index in [0.717, 1.165) is 16.7 Å². The van der Waals surface area contributed by atoms with E-state index in [1.54, 1.807) is 18.0 Å². The molecule has 0 atom stereocenters. The number of rotatable bonds is 4. The van der Waals surface area contributed by atoms with Crippen molar-refractivity contribution < 1.29 is 14.6 Å². The van der Waals surface area contributed by atoms with Gasteiger partial charge in [-0.3, -0.25) is 9.48 Å². The number of carbonyl (C=O) groups is 1. The van der Waals surface area contributed by atoms with Crippen LogP contribution >= 0.6 is 0 Å². The maximum Gasteiger partial charge on any atom is 0.305 e. The lowest BCUT2D eigenvalue weighted by Crippen LogP contribution is -2.05. The number of ether oxygens (including phenoxy) is 1. The predicted octanol–water partition coefficient (Wildman–Crippen LogP) is 1.52. The van der Waals surface area contributed by atoms with E-state index in [4.69, 9.17) is 9.84 Å². The number of hydrogen-bond acceptors (Lipinski definition) is 3. The first-order chi connectivity index (χ1) is 7.70. The summed E-state index contributed by atoms with van der Waals surface area (Å²) in [5.41, 5.74) is 0.889. The minimum atomic E-state index is -0.827. The molecule has 84 valence electrons. The molecule has 5 nitrogen and oxygen atoms in total. The Bertz CT molecular complexity index is 519. The van der Waals surface area contributed by atoms with E-state index in [-0.39, 0.29) is 6.42 Å². The van der Waals surface area contributed by atoms with E-state index in [9.17, 15) is 4.79 Å². The van der Waals surface area contributed by atoms with Gasteiger partial charge in [0.2, 0.25) is 0 Å². The van der Waals surface area contributed by atoms with Gasteiger partial charge in [0.05, 0.1) is 31.8 Å². The van der Waals surface area contributed by atoms with E-state index < -0.39 is 5.97 Å². The molecule has 1 N–H and O–H groups in total. The van der Waals surface area contributed by atoms with Crippen LogP contribution in [-0.2, 0) is 11.3 Å². The van der Waals surface area contributed by atoms with Crippen LogP contribution in [0.15, 0.2) is 24.4 Å². The van der Waals surface area contributed by atoms with Crippen LogP contribution in [-0.4, -0.2) is 28.0 Å². The Hall–Kier alpha value is -2.04. The number of aromatic nitrogens is 2. The van der Waals surface area contributed by atoms with Gasteiger partial charge >= 0.3 is 5.97 Å². The number of fused-ring (bicyclic) bond motifs is 1. The summed E-state index contributed by atoms with van der Waals surface area (Å²) in [6.07, 6.45) is 1.78. The van der Waals surface area contributed by atoms with Gasteiger partial charge in [-0.15, -0.1) is 0 Å². The zero-order chi connectivity index (χ0) is 11.5. The van der Waals surface area contributed by atoms with Crippen molar-refractivity contribution in [1.29, 1.82) is 0 Å². The second kappa shape index (κ2) is 4.22. The third-order valence-electron chi connectivity index (χ3n) is 2.39. The van der Waals surface area contributed by atoms with Crippen LogP contribution in [0.1, 0.15) is 6.42 Å². The summed E-state index contributed by atoms with van der Waals surface area (Å²) in [5, 5.41) is 13.7. The molecule has 2 aromatic rings. The van der Waals surface area contributed by atoms with Crippen molar-refractivity contribution >= 4 is 16.9 Å². The lowest BCUT2D eigenvalue weighted by atomic mass is 10.2. The van der Waals surface area contributed by atoms with Crippen LogP contribution < -0.4 is 4.74 Å². The van der Waals surface area contributed by atoms with Crippen molar-refractivity contribution in [3.63, 3.8) is 0 Å². The normalized spacial score (nSPS) is 10.6. The zero-order valence-electron chi connectivity index (χ0n) is 8.88.